The Hall–Kier alpha value is -1.26. The van der Waals surface area contributed by atoms with E-state index in [9.17, 15) is 0 Å². The summed E-state index contributed by atoms with van der Waals surface area (Å²) in [7, 11) is 5.52. The molecule has 4 heteroatoms. The normalized spacial score (nSPS) is 20.8. The van der Waals surface area contributed by atoms with Crippen molar-refractivity contribution >= 4 is 5.69 Å². The highest BCUT2D eigenvalue weighted by atomic mass is 16.5. The molecule has 1 aromatic rings. The molecule has 0 aliphatic carbocycles. The minimum Gasteiger partial charge on any atom is -0.496 e. The summed E-state index contributed by atoms with van der Waals surface area (Å²) in [6.45, 7) is 4.20. The van der Waals surface area contributed by atoms with Gasteiger partial charge in [-0.05, 0) is 38.9 Å². The van der Waals surface area contributed by atoms with E-state index in [4.69, 9.17) is 9.47 Å². The Bertz CT molecular complexity index is 436. The van der Waals surface area contributed by atoms with Crippen molar-refractivity contribution in [2.75, 3.05) is 39.3 Å². The van der Waals surface area contributed by atoms with E-state index < -0.39 is 0 Å². The maximum absolute atomic E-state index is 5.56. The highest BCUT2D eigenvalue weighted by molar-refractivity contribution is 5.61. The number of nitrogens with one attached hydrogen (secondary N) is 1. The second-order valence-corrected chi connectivity index (χ2v) is 5.35. The van der Waals surface area contributed by atoms with E-state index in [1.807, 2.05) is 13.1 Å². The zero-order valence-corrected chi connectivity index (χ0v) is 13.0. The van der Waals surface area contributed by atoms with E-state index in [1.54, 1.807) is 14.2 Å². The Morgan fingerprint density at radius 1 is 1.35 bits per heavy atom. The first-order chi connectivity index (χ1) is 9.71. The molecule has 112 valence electrons. The average Bonchev–Trinajstić information content (AvgIpc) is 2.53. The van der Waals surface area contributed by atoms with E-state index in [1.165, 1.54) is 17.7 Å². The third kappa shape index (κ3) is 3.07. The van der Waals surface area contributed by atoms with Gasteiger partial charge in [0.1, 0.15) is 5.75 Å². The smallest absolute Gasteiger partial charge is 0.125 e. The van der Waals surface area contributed by atoms with Gasteiger partial charge in [0.2, 0.25) is 0 Å². The summed E-state index contributed by atoms with van der Waals surface area (Å²) in [5, 5.41) is 3.32. The number of benzene rings is 1. The molecule has 0 bridgehead atoms. The molecule has 1 aromatic carbocycles. The molecule has 2 unspecified atom stereocenters. The predicted molar refractivity (Wildman–Crippen MR) is 82.7 cm³/mol. The van der Waals surface area contributed by atoms with Crippen molar-refractivity contribution in [1.82, 2.24) is 5.32 Å². The molecule has 0 saturated carbocycles. The SMILES string of the molecule is CNC(C)c1c(OC)cccc1N1CCCC(OC)C1. The van der Waals surface area contributed by atoms with Crippen molar-refractivity contribution in [1.29, 1.82) is 0 Å². The fourth-order valence-electron chi connectivity index (χ4n) is 2.92. The first-order valence-electron chi connectivity index (χ1n) is 7.33. The number of nitrogens with zero attached hydrogens (tertiary/aromatic N) is 1. The van der Waals surface area contributed by atoms with E-state index in [0.29, 0.717) is 6.10 Å². The summed E-state index contributed by atoms with van der Waals surface area (Å²) in [6.07, 6.45) is 2.64. The Labute approximate surface area is 122 Å². The molecule has 1 aliphatic heterocycles. The lowest BCUT2D eigenvalue weighted by atomic mass is 10.0. The van der Waals surface area contributed by atoms with Crippen molar-refractivity contribution in [3.63, 3.8) is 0 Å². The second-order valence-electron chi connectivity index (χ2n) is 5.35. The van der Waals surface area contributed by atoms with Crippen LogP contribution in [-0.2, 0) is 4.74 Å². The van der Waals surface area contributed by atoms with Gasteiger partial charge in [-0.3, -0.25) is 0 Å². The molecule has 2 atom stereocenters. The Balaban J connectivity index is 2.34. The first-order valence-corrected chi connectivity index (χ1v) is 7.33. The van der Waals surface area contributed by atoms with Gasteiger partial charge >= 0.3 is 0 Å². The van der Waals surface area contributed by atoms with Crippen LogP contribution in [0.25, 0.3) is 0 Å². The third-order valence-electron chi connectivity index (χ3n) is 4.18. The topological polar surface area (TPSA) is 33.7 Å². The molecule has 0 aromatic heterocycles. The summed E-state index contributed by atoms with van der Waals surface area (Å²) >= 11 is 0. The predicted octanol–water partition coefficient (Wildman–Crippen LogP) is 2.59. The standard InChI is InChI=1S/C16H26N2O2/c1-12(17-2)16-14(8-5-9-15(16)20-4)18-10-6-7-13(11-18)19-3/h5,8-9,12-13,17H,6-7,10-11H2,1-4H3. The average molecular weight is 278 g/mol. The van der Waals surface area contributed by atoms with Crippen LogP contribution in [0.5, 0.6) is 5.75 Å². The maximum Gasteiger partial charge on any atom is 0.125 e. The molecule has 4 nitrogen and oxygen atoms in total. The summed E-state index contributed by atoms with van der Waals surface area (Å²) < 4.78 is 11.1. The molecule has 1 heterocycles. The number of anilines is 1. The van der Waals surface area contributed by atoms with Crippen molar-refractivity contribution in [3.05, 3.63) is 23.8 Å². The molecule has 1 N–H and O–H groups in total. The monoisotopic (exact) mass is 278 g/mol. The van der Waals surface area contributed by atoms with E-state index >= 15 is 0 Å². The number of hydrogen-bond donors (Lipinski definition) is 1. The molecule has 1 saturated heterocycles. The number of hydrogen-bond acceptors (Lipinski definition) is 4. The Kier molecular flexibility index (Phi) is 5.26. The fourth-order valence-corrected chi connectivity index (χ4v) is 2.92. The Morgan fingerprint density at radius 2 is 2.15 bits per heavy atom. The highest BCUT2D eigenvalue weighted by Gasteiger charge is 2.24. The van der Waals surface area contributed by atoms with Gasteiger partial charge in [0, 0.05) is 37.5 Å². The van der Waals surface area contributed by atoms with Crippen molar-refractivity contribution in [2.45, 2.75) is 31.9 Å². The summed E-state index contributed by atoms with van der Waals surface area (Å²) in [5.74, 6) is 0.948. The number of rotatable bonds is 5. The molecule has 1 fully saturated rings. The van der Waals surface area contributed by atoms with Crippen LogP contribution < -0.4 is 15.0 Å². The molecular formula is C16H26N2O2. The summed E-state index contributed by atoms with van der Waals surface area (Å²) in [6, 6.07) is 6.54. The lowest BCUT2D eigenvalue weighted by Crippen LogP contribution is -2.40. The molecule has 0 radical (unpaired) electrons. The molecule has 2 rings (SSSR count). The molecule has 0 spiro atoms. The van der Waals surface area contributed by atoms with Crippen LogP contribution >= 0.6 is 0 Å². The minimum absolute atomic E-state index is 0.254. The zero-order valence-electron chi connectivity index (χ0n) is 13.0. The molecule has 0 amide bonds. The summed E-state index contributed by atoms with van der Waals surface area (Å²) in [4.78, 5) is 2.42. The van der Waals surface area contributed by atoms with Gasteiger partial charge in [-0.1, -0.05) is 6.07 Å². The van der Waals surface area contributed by atoms with Crippen molar-refractivity contribution in [2.24, 2.45) is 0 Å². The van der Waals surface area contributed by atoms with E-state index in [0.717, 1.165) is 25.3 Å². The third-order valence-corrected chi connectivity index (χ3v) is 4.18. The molecule has 1 aliphatic rings. The van der Waals surface area contributed by atoms with E-state index in [-0.39, 0.29) is 6.04 Å². The van der Waals surface area contributed by atoms with Gasteiger partial charge in [-0.25, -0.2) is 0 Å². The van der Waals surface area contributed by atoms with Crippen LogP contribution in [0.2, 0.25) is 0 Å². The number of ether oxygens (including phenoxy) is 2. The van der Waals surface area contributed by atoms with Gasteiger partial charge in [-0.2, -0.15) is 0 Å². The Morgan fingerprint density at radius 3 is 2.80 bits per heavy atom. The fraction of sp³-hybridized carbons (Fsp3) is 0.625. The quantitative estimate of drug-likeness (QED) is 0.897. The van der Waals surface area contributed by atoms with Crippen LogP contribution in [0.1, 0.15) is 31.4 Å². The van der Waals surface area contributed by atoms with Crippen LogP contribution in [0.3, 0.4) is 0 Å². The zero-order chi connectivity index (χ0) is 14.5. The molecule has 20 heavy (non-hydrogen) atoms. The first kappa shape index (κ1) is 15.1. The maximum atomic E-state index is 5.56. The number of methoxy groups -OCH3 is 2. The molecular weight excluding hydrogens is 252 g/mol. The van der Waals surface area contributed by atoms with Crippen LogP contribution in [0.15, 0.2) is 18.2 Å². The minimum atomic E-state index is 0.254. The van der Waals surface area contributed by atoms with Gasteiger partial charge in [0.05, 0.1) is 13.2 Å². The van der Waals surface area contributed by atoms with Crippen LogP contribution in [0.4, 0.5) is 5.69 Å². The van der Waals surface area contributed by atoms with Gasteiger partial charge in [0.25, 0.3) is 0 Å². The lowest BCUT2D eigenvalue weighted by molar-refractivity contribution is 0.0892. The lowest BCUT2D eigenvalue weighted by Gasteiger charge is -2.36. The van der Waals surface area contributed by atoms with Crippen LogP contribution in [0, 0.1) is 0 Å². The largest absolute Gasteiger partial charge is 0.496 e. The van der Waals surface area contributed by atoms with Gasteiger partial charge < -0.3 is 19.7 Å². The second kappa shape index (κ2) is 6.95. The van der Waals surface area contributed by atoms with Gasteiger partial charge in [-0.15, -0.1) is 0 Å². The van der Waals surface area contributed by atoms with Crippen molar-refractivity contribution < 1.29 is 9.47 Å². The van der Waals surface area contributed by atoms with Crippen molar-refractivity contribution in [3.8, 4) is 5.75 Å². The van der Waals surface area contributed by atoms with Gasteiger partial charge in [0.15, 0.2) is 0 Å². The van der Waals surface area contributed by atoms with E-state index in [2.05, 4.69) is 29.3 Å². The highest BCUT2D eigenvalue weighted by Crippen LogP contribution is 2.35. The number of piperidine rings is 1. The summed E-state index contributed by atoms with van der Waals surface area (Å²) in [5.41, 5.74) is 2.49. The van der Waals surface area contributed by atoms with Crippen LogP contribution in [-0.4, -0.2) is 40.5 Å².